The average molecular weight is 392 g/mol. The second kappa shape index (κ2) is 8.45. The van der Waals surface area contributed by atoms with Gasteiger partial charge in [-0.2, -0.15) is 0 Å². The first kappa shape index (κ1) is 20.6. The number of anilines is 2. The zero-order chi connectivity index (χ0) is 20.3. The second-order valence-electron chi connectivity index (χ2n) is 8.33. The van der Waals surface area contributed by atoms with E-state index in [1.807, 2.05) is 0 Å². The van der Waals surface area contributed by atoms with Crippen LogP contribution in [0.15, 0.2) is 18.2 Å². The summed E-state index contributed by atoms with van der Waals surface area (Å²) >= 11 is 0. The van der Waals surface area contributed by atoms with Gasteiger partial charge in [-0.25, -0.2) is 8.78 Å². The van der Waals surface area contributed by atoms with Gasteiger partial charge in [0.1, 0.15) is 5.84 Å². The van der Waals surface area contributed by atoms with Crippen molar-refractivity contribution in [1.29, 1.82) is 5.41 Å². The minimum atomic E-state index is -2.80. The van der Waals surface area contributed by atoms with Crippen LogP contribution < -0.4 is 16.8 Å². The monoisotopic (exact) mass is 392 g/mol. The molecule has 2 atom stereocenters. The normalized spacial score (nSPS) is 25.6. The summed E-state index contributed by atoms with van der Waals surface area (Å²) in [5, 5.41) is 10.4. The summed E-state index contributed by atoms with van der Waals surface area (Å²) < 4.78 is 28.3. The molecule has 154 valence electrons. The summed E-state index contributed by atoms with van der Waals surface area (Å²) in [6.07, 6.45) is 6.54. The first-order chi connectivity index (χ1) is 13.3. The Bertz CT molecular complexity index is 729. The van der Waals surface area contributed by atoms with Gasteiger partial charge in [0, 0.05) is 35.7 Å². The van der Waals surface area contributed by atoms with Crippen molar-refractivity contribution < 1.29 is 13.6 Å². The summed E-state index contributed by atoms with van der Waals surface area (Å²) in [6.45, 7) is 0. The Morgan fingerprint density at radius 1 is 1.14 bits per heavy atom. The molecule has 2 aliphatic carbocycles. The van der Waals surface area contributed by atoms with Crippen LogP contribution >= 0.6 is 0 Å². The Morgan fingerprint density at radius 2 is 1.82 bits per heavy atom. The zero-order valence-corrected chi connectivity index (χ0v) is 16.1. The molecule has 1 aromatic rings. The number of hydrogen-bond donors (Lipinski definition) is 4. The van der Waals surface area contributed by atoms with Gasteiger partial charge in [0.05, 0.1) is 0 Å². The van der Waals surface area contributed by atoms with Crippen molar-refractivity contribution in [3.05, 3.63) is 23.8 Å². The van der Waals surface area contributed by atoms with Crippen molar-refractivity contribution in [1.82, 2.24) is 0 Å². The Balaban J connectivity index is 1.79. The molecule has 1 aromatic carbocycles. The minimum absolute atomic E-state index is 0.00113. The first-order valence-electron chi connectivity index (χ1n) is 10.2. The number of hydrogen-bond acceptors (Lipinski definition) is 3. The fourth-order valence-corrected chi connectivity index (χ4v) is 4.85. The number of carbonyl (C=O) groups is 1. The average Bonchev–Trinajstić information content (AvgIpc) is 2.91. The van der Waals surface area contributed by atoms with E-state index in [1.165, 1.54) is 18.9 Å². The van der Waals surface area contributed by atoms with E-state index in [9.17, 15) is 13.6 Å². The van der Waals surface area contributed by atoms with Crippen LogP contribution in [-0.2, 0) is 4.79 Å². The molecule has 1 amide bonds. The Hall–Kier alpha value is -2.18. The largest absolute Gasteiger partial charge is 0.398 e. The molecule has 0 saturated heterocycles. The van der Waals surface area contributed by atoms with E-state index in [2.05, 4.69) is 5.32 Å². The number of amidine groups is 1. The third-order valence-electron chi connectivity index (χ3n) is 6.33. The molecule has 0 spiro atoms. The van der Waals surface area contributed by atoms with Crippen LogP contribution in [0.1, 0.15) is 63.4 Å². The molecule has 0 radical (unpaired) electrons. The fourth-order valence-electron chi connectivity index (χ4n) is 4.85. The van der Waals surface area contributed by atoms with Gasteiger partial charge < -0.3 is 16.8 Å². The Kier molecular flexibility index (Phi) is 6.20. The van der Waals surface area contributed by atoms with Gasteiger partial charge in [0.15, 0.2) is 0 Å². The smallest absolute Gasteiger partial charge is 0.248 e. The maximum absolute atomic E-state index is 14.2. The van der Waals surface area contributed by atoms with Crippen molar-refractivity contribution in [2.75, 3.05) is 11.1 Å². The van der Waals surface area contributed by atoms with Gasteiger partial charge in [-0.05, 0) is 36.5 Å². The lowest BCUT2D eigenvalue weighted by atomic mass is 9.68. The number of amides is 1. The molecular formula is C21H30F2N4O. The van der Waals surface area contributed by atoms with Crippen LogP contribution in [-0.4, -0.2) is 17.7 Å². The number of halogens is 2. The summed E-state index contributed by atoms with van der Waals surface area (Å²) in [5.74, 6) is -3.73. The third kappa shape index (κ3) is 4.80. The lowest BCUT2D eigenvalue weighted by molar-refractivity contribution is -0.134. The molecule has 3 rings (SSSR count). The van der Waals surface area contributed by atoms with Gasteiger partial charge in [0.25, 0.3) is 0 Å². The van der Waals surface area contributed by atoms with Crippen molar-refractivity contribution >= 4 is 23.1 Å². The highest BCUT2D eigenvalue weighted by molar-refractivity contribution is 6.02. The molecule has 2 saturated carbocycles. The van der Waals surface area contributed by atoms with Crippen LogP contribution in [0.3, 0.4) is 0 Å². The number of benzene rings is 1. The molecule has 2 aliphatic rings. The topological polar surface area (TPSA) is 105 Å². The number of alkyl halides is 2. The van der Waals surface area contributed by atoms with E-state index < -0.39 is 18.3 Å². The first-order valence-corrected chi connectivity index (χ1v) is 10.2. The molecule has 0 aliphatic heterocycles. The molecule has 0 heterocycles. The molecule has 6 N–H and O–H groups in total. The van der Waals surface area contributed by atoms with Crippen LogP contribution in [0.2, 0.25) is 0 Å². The van der Waals surface area contributed by atoms with Crippen molar-refractivity contribution in [3.8, 4) is 0 Å². The predicted molar refractivity (Wildman–Crippen MR) is 107 cm³/mol. The van der Waals surface area contributed by atoms with E-state index in [1.54, 1.807) is 12.1 Å². The van der Waals surface area contributed by atoms with E-state index in [4.69, 9.17) is 16.9 Å². The van der Waals surface area contributed by atoms with Gasteiger partial charge in [-0.15, -0.1) is 0 Å². The fraction of sp³-hybridized carbons (Fsp3) is 0.619. The second-order valence-corrected chi connectivity index (χ2v) is 8.33. The number of carbonyl (C=O) groups excluding carboxylic acids is 1. The van der Waals surface area contributed by atoms with E-state index >= 15 is 0 Å². The SMILES string of the molecule is N=C(N)c1cc(NC(=O)[C@@H]2CC(F)(F)CC[C@H]2C2CCCCCC2)ccc1N. The van der Waals surface area contributed by atoms with E-state index in [0.29, 0.717) is 29.3 Å². The Morgan fingerprint density at radius 3 is 2.46 bits per heavy atom. The zero-order valence-electron chi connectivity index (χ0n) is 16.1. The highest BCUT2D eigenvalue weighted by Crippen LogP contribution is 2.46. The van der Waals surface area contributed by atoms with Crippen LogP contribution in [0.4, 0.5) is 20.2 Å². The van der Waals surface area contributed by atoms with Gasteiger partial charge >= 0.3 is 0 Å². The molecule has 0 aromatic heterocycles. The molecular weight excluding hydrogens is 362 g/mol. The van der Waals surface area contributed by atoms with Crippen molar-refractivity contribution in [2.24, 2.45) is 23.5 Å². The van der Waals surface area contributed by atoms with Crippen LogP contribution in [0.25, 0.3) is 0 Å². The number of nitrogen functional groups attached to an aromatic ring is 2. The van der Waals surface area contributed by atoms with Crippen LogP contribution in [0, 0.1) is 23.2 Å². The quantitative estimate of drug-likeness (QED) is 0.262. The van der Waals surface area contributed by atoms with Crippen LogP contribution in [0.5, 0.6) is 0 Å². The maximum Gasteiger partial charge on any atom is 0.248 e. The molecule has 7 heteroatoms. The molecule has 5 nitrogen and oxygen atoms in total. The third-order valence-corrected chi connectivity index (χ3v) is 6.33. The van der Waals surface area contributed by atoms with Gasteiger partial charge in [-0.1, -0.05) is 38.5 Å². The molecule has 28 heavy (non-hydrogen) atoms. The van der Waals surface area contributed by atoms with Gasteiger partial charge in [-0.3, -0.25) is 10.2 Å². The van der Waals surface area contributed by atoms with E-state index in [-0.39, 0.29) is 24.1 Å². The summed E-state index contributed by atoms with van der Waals surface area (Å²) in [6, 6.07) is 4.70. The lowest BCUT2D eigenvalue weighted by Gasteiger charge is -2.39. The number of rotatable bonds is 4. The number of nitrogens with one attached hydrogen (secondary N) is 2. The summed E-state index contributed by atoms with van der Waals surface area (Å²) in [4.78, 5) is 13.0. The highest BCUT2D eigenvalue weighted by Gasteiger charge is 2.46. The van der Waals surface area contributed by atoms with Gasteiger partial charge in [0.2, 0.25) is 11.8 Å². The highest BCUT2D eigenvalue weighted by atomic mass is 19.3. The van der Waals surface area contributed by atoms with Crippen molar-refractivity contribution in [3.63, 3.8) is 0 Å². The lowest BCUT2D eigenvalue weighted by Crippen LogP contribution is -2.42. The summed E-state index contributed by atoms with van der Waals surface area (Å²) in [5.41, 5.74) is 12.4. The summed E-state index contributed by atoms with van der Waals surface area (Å²) in [7, 11) is 0. The maximum atomic E-state index is 14.2. The molecule has 2 fully saturated rings. The predicted octanol–water partition coefficient (Wildman–Crippen LogP) is 4.51. The standard InChI is InChI=1S/C21H30F2N4O/c22-21(23)10-9-15(13-5-3-1-2-4-6-13)17(12-21)20(28)27-14-7-8-18(24)16(11-14)19(25)26/h7-8,11,13,15,17H,1-6,9-10,12,24H2,(H3,25,26)(H,27,28)/t15-,17+/m0/s1. The Labute approximate surface area is 164 Å². The molecule has 0 unspecified atom stereocenters. The minimum Gasteiger partial charge on any atom is -0.398 e. The number of nitrogens with two attached hydrogens (primary N) is 2. The van der Waals surface area contributed by atoms with E-state index in [0.717, 1.165) is 25.7 Å². The van der Waals surface area contributed by atoms with Crippen molar-refractivity contribution in [2.45, 2.75) is 63.7 Å². The molecule has 0 bridgehead atoms.